The first-order valence-electron chi connectivity index (χ1n) is 9.70. The molecule has 12 heteroatoms. The molecule has 0 saturated heterocycles. The lowest BCUT2D eigenvalue weighted by Gasteiger charge is -2.40. The minimum absolute atomic E-state index is 0.0447. The number of likely N-dealkylation sites (N-methyl/N-ethyl adjacent to an activating group) is 1. The topological polar surface area (TPSA) is 117 Å². The number of anilines is 1. The highest BCUT2D eigenvalue weighted by atomic mass is 32.2. The molecule has 1 N–H and O–H groups in total. The zero-order valence-electron chi connectivity index (χ0n) is 18.2. The molecule has 0 aromatic heterocycles. The van der Waals surface area contributed by atoms with Crippen molar-refractivity contribution in [2.45, 2.75) is 24.0 Å². The minimum Gasteiger partial charge on any atom is -0.315 e. The highest BCUT2D eigenvalue weighted by Crippen LogP contribution is 2.41. The van der Waals surface area contributed by atoms with Gasteiger partial charge in [-0.05, 0) is 44.3 Å². The molecule has 8 nitrogen and oxygen atoms in total. The van der Waals surface area contributed by atoms with Crippen molar-refractivity contribution < 1.29 is 26.4 Å². The summed E-state index contributed by atoms with van der Waals surface area (Å²) in [5.74, 6) is 0. The van der Waals surface area contributed by atoms with E-state index < -0.39 is 33.8 Å². The van der Waals surface area contributed by atoms with Gasteiger partial charge in [-0.25, -0.2) is 17.9 Å². The molecule has 2 amide bonds. The van der Waals surface area contributed by atoms with Crippen molar-refractivity contribution in [1.82, 2.24) is 9.62 Å². The van der Waals surface area contributed by atoms with E-state index >= 15 is 0 Å². The molecule has 0 saturated carbocycles. The van der Waals surface area contributed by atoms with Crippen LogP contribution in [0.4, 0.5) is 23.7 Å². The second-order valence-corrected chi connectivity index (χ2v) is 9.22. The largest absolute Gasteiger partial charge is 0.416 e. The maximum atomic E-state index is 13.3. The summed E-state index contributed by atoms with van der Waals surface area (Å²) in [7, 11) is -1.61. The van der Waals surface area contributed by atoms with Gasteiger partial charge in [-0.15, -0.1) is 0 Å². The number of hydrogen-bond donors (Lipinski definition) is 1. The Labute approximate surface area is 194 Å². The zero-order valence-corrected chi connectivity index (χ0v) is 19.0. The van der Waals surface area contributed by atoms with Crippen LogP contribution in [0.1, 0.15) is 29.7 Å². The molecule has 34 heavy (non-hydrogen) atoms. The van der Waals surface area contributed by atoms with Crippen molar-refractivity contribution in [3.8, 4) is 12.1 Å². The van der Waals surface area contributed by atoms with Crippen LogP contribution < -0.4 is 9.62 Å². The second-order valence-electron chi connectivity index (χ2n) is 7.36. The third-order valence-electron chi connectivity index (χ3n) is 5.43. The third kappa shape index (κ3) is 4.21. The van der Waals surface area contributed by atoms with Crippen LogP contribution in [-0.4, -0.2) is 33.4 Å². The predicted octanol–water partition coefficient (Wildman–Crippen LogP) is 3.90. The first kappa shape index (κ1) is 24.8. The molecule has 1 aliphatic rings. The molecular formula is C22H18F3N5O3S. The number of allylic oxidation sites excluding steroid dienone is 1. The Morgan fingerprint density at radius 3 is 2.32 bits per heavy atom. The van der Waals surface area contributed by atoms with Gasteiger partial charge in [0.05, 0.1) is 45.5 Å². The zero-order chi connectivity index (χ0) is 25.4. The van der Waals surface area contributed by atoms with Gasteiger partial charge in [-0.2, -0.15) is 23.7 Å². The Morgan fingerprint density at radius 2 is 1.76 bits per heavy atom. The van der Waals surface area contributed by atoms with Crippen LogP contribution in [0.3, 0.4) is 0 Å². The summed E-state index contributed by atoms with van der Waals surface area (Å²) < 4.78 is 67.2. The molecule has 0 aliphatic carbocycles. The normalized spacial score (nSPS) is 16.9. The Balaban J connectivity index is 2.26. The summed E-state index contributed by atoms with van der Waals surface area (Å²) in [6.45, 7) is 1.40. The van der Waals surface area contributed by atoms with E-state index in [1.165, 1.54) is 39.2 Å². The van der Waals surface area contributed by atoms with E-state index in [1.807, 2.05) is 12.1 Å². The number of hydrogen-bond acceptors (Lipinski definition) is 5. The van der Waals surface area contributed by atoms with E-state index in [0.29, 0.717) is 0 Å². The van der Waals surface area contributed by atoms with E-state index in [2.05, 4.69) is 4.72 Å². The van der Waals surface area contributed by atoms with Crippen LogP contribution in [-0.2, 0) is 16.2 Å². The average molecular weight is 489 g/mol. The maximum Gasteiger partial charge on any atom is 0.416 e. The Kier molecular flexibility index (Phi) is 6.42. The highest BCUT2D eigenvalue weighted by molar-refractivity contribution is 7.89. The summed E-state index contributed by atoms with van der Waals surface area (Å²) in [6.07, 6.45) is -4.64. The molecule has 3 rings (SSSR count). The van der Waals surface area contributed by atoms with Gasteiger partial charge in [-0.3, -0.25) is 4.90 Å². The van der Waals surface area contributed by atoms with Gasteiger partial charge in [-0.1, -0.05) is 12.1 Å². The SMILES string of the molecule is CNS(=O)(=O)c1cc(C#N)ccc1[C@@H]1C(C#N)=C(C)N(c2cccc(C(F)(F)F)c2)C(=O)N1C. The van der Waals surface area contributed by atoms with Crippen LogP contribution in [0.15, 0.2) is 58.6 Å². The lowest BCUT2D eigenvalue weighted by atomic mass is 9.93. The van der Waals surface area contributed by atoms with Gasteiger partial charge < -0.3 is 4.90 Å². The number of benzene rings is 2. The number of nitriles is 2. The van der Waals surface area contributed by atoms with Crippen molar-refractivity contribution in [2.75, 3.05) is 19.0 Å². The molecule has 176 valence electrons. The van der Waals surface area contributed by atoms with Crippen molar-refractivity contribution in [2.24, 2.45) is 0 Å². The van der Waals surface area contributed by atoms with E-state index in [1.54, 1.807) is 0 Å². The average Bonchev–Trinajstić information content (AvgIpc) is 2.80. The molecule has 0 bridgehead atoms. The molecule has 0 spiro atoms. The predicted molar refractivity (Wildman–Crippen MR) is 116 cm³/mol. The first-order valence-corrected chi connectivity index (χ1v) is 11.2. The molecule has 1 heterocycles. The monoisotopic (exact) mass is 489 g/mol. The molecule has 2 aromatic carbocycles. The van der Waals surface area contributed by atoms with Gasteiger partial charge in [0.2, 0.25) is 10.0 Å². The van der Waals surface area contributed by atoms with E-state index in [-0.39, 0.29) is 33.0 Å². The number of halogens is 3. The van der Waals surface area contributed by atoms with Crippen LogP contribution >= 0.6 is 0 Å². The summed E-state index contributed by atoms with van der Waals surface area (Å²) in [6, 6.07) is 9.81. The molecular weight excluding hydrogens is 471 g/mol. The Bertz CT molecular complexity index is 1390. The fourth-order valence-electron chi connectivity index (χ4n) is 3.73. The number of carbonyl (C=O) groups excluding carboxylic acids is 1. The van der Waals surface area contributed by atoms with E-state index in [4.69, 9.17) is 0 Å². The van der Waals surface area contributed by atoms with Crippen LogP contribution in [0.5, 0.6) is 0 Å². The van der Waals surface area contributed by atoms with Crippen molar-refractivity contribution >= 4 is 21.7 Å². The van der Waals surface area contributed by atoms with Crippen LogP contribution in [0.25, 0.3) is 0 Å². The number of sulfonamides is 1. The molecule has 0 fully saturated rings. The van der Waals surface area contributed by atoms with Crippen molar-refractivity contribution in [3.63, 3.8) is 0 Å². The van der Waals surface area contributed by atoms with Gasteiger partial charge in [0.1, 0.15) is 0 Å². The third-order valence-corrected chi connectivity index (χ3v) is 6.90. The van der Waals surface area contributed by atoms with Crippen LogP contribution in [0.2, 0.25) is 0 Å². The van der Waals surface area contributed by atoms with Crippen LogP contribution in [0, 0.1) is 22.7 Å². The van der Waals surface area contributed by atoms with E-state index in [0.717, 1.165) is 34.1 Å². The molecule has 1 atom stereocenters. The molecule has 0 unspecified atom stereocenters. The minimum atomic E-state index is -4.64. The molecule has 1 aliphatic heterocycles. The number of urea groups is 1. The molecule has 2 aromatic rings. The highest BCUT2D eigenvalue weighted by Gasteiger charge is 2.40. The number of nitrogens with one attached hydrogen (secondary N) is 1. The maximum absolute atomic E-state index is 13.3. The summed E-state index contributed by atoms with van der Waals surface area (Å²) in [5.41, 5.74) is -0.957. The van der Waals surface area contributed by atoms with E-state index in [9.17, 15) is 36.9 Å². The van der Waals surface area contributed by atoms with Crippen molar-refractivity contribution in [1.29, 1.82) is 10.5 Å². The summed E-state index contributed by atoms with van der Waals surface area (Å²) in [4.78, 5) is 15.1. The van der Waals surface area contributed by atoms with Gasteiger partial charge >= 0.3 is 12.2 Å². The number of amides is 2. The quantitative estimate of drug-likeness (QED) is 0.699. The Hall–Kier alpha value is -3.87. The fourth-order valence-corrected chi connectivity index (χ4v) is 4.72. The number of rotatable bonds is 4. The number of carbonyl (C=O) groups is 1. The lowest BCUT2D eigenvalue weighted by Crippen LogP contribution is -2.48. The van der Waals surface area contributed by atoms with Gasteiger partial charge in [0, 0.05) is 18.3 Å². The number of alkyl halides is 3. The Morgan fingerprint density at radius 1 is 1.09 bits per heavy atom. The summed E-state index contributed by atoms with van der Waals surface area (Å²) in [5, 5.41) is 19.1. The smallest absolute Gasteiger partial charge is 0.315 e. The molecule has 0 radical (unpaired) electrons. The van der Waals surface area contributed by atoms with Gasteiger partial charge in [0.15, 0.2) is 0 Å². The summed E-state index contributed by atoms with van der Waals surface area (Å²) >= 11 is 0. The van der Waals surface area contributed by atoms with Gasteiger partial charge in [0.25, 0.3) is 0 Å². The number of nitrogens with zero attached hydrogens (tertiary/aromatic N) is 4. The lowest BCUT2D eigenvalue weighted by molar-refractivity contribution is -0.137. The first-order chi connectivity index (χ1) is 15.9. The second kappa shape index (κ2) is 8.82. The van der Waals surface area contributed by atoms with Crippen molar-refractivity contribution in [3.05, 3.63) is 70.4 Å². The standard InChI is InChI=1S/C22H18F3N5O3S/c1-13-18(12-27)20(17-8-7-14(11-26)9-19(17)34(32,33)28-2)29(3)21(31)30(13)16-6-4-5-15(10-16)22(23,24)25/h4-10,20,28H,1-3H3/t20-/m1/s1. The fraction of sp³-hybridized carbons (Fsp3) is 0.227.